The number of nitrogens with one attached hydrogen (secondary N) is 1. The number of benzene rings is 1. The van der Waals surface area contributed by atoms with E-state index in [4.69, 9.17) is 0 Å². The van der Waals surface area contributed by atoms with Crippen LogP contribution in [-0.4, -0.2) is 58.8 Å². The Kier molecular flexibility index (Phi) is 4.70. The Morgan fingerprint density at radius 2 is 1.75 bits per heavy atom. The molecule has 2 atom stereocenters. The summed E-state index contributed by atoms with van der Waals surface area (Å²) in [6.07, 6.45) is -1.60. The maximum atomic E-state index is 11.8. The highest BCUT2D eigenvalue weighted by molar-refractivity contribution is 5.94. The zero-order valence-corrected chi connectivity index (χ0v) is 11.0. The minimum atomic E-state index is -0.877. The van der Waals surface area contributed by atoms with E-state index < -0.39 is 12.2 Å². The zero-order valence-electron chi connectivity index (χ0n) is 11.0. The van der Waals surface area contributed by atoms with Crippen molar-refractivity contribution in [3.63, 3.8) is 0 Å². The molecule has 0 aromatic heterocycles. The molecule has 1 aromatic rings. The molecule has 2 unspecified atom stereocenters. The van der Waals surface area contributed by atoms with E-state index in [1.165, 1.54) is 4.90 Å². The number of aliphatic hydroxyl groups excluding tert-OH is 2. The van der Waals surface area contributed by atoms with Crippen LogP contribution in [-0.2, 0) is 4.79 Å². The third-order valence-electron chi connectivity index (χ3n) is 3.27. The smallest absolute Gasteiger partial charge is 0.251 e. The van der Waals surface area contributed by atoms with Gasteiger partial charge in [-0.05, 0) is 12.1 Å². The summed E-state index contributed by atoms with van der Waals surface area (Å²) in [4.78, 5) is 24.9. The van der Waals surface area contributed by atoms with Crippen LogP contribution < -0.4 is 5.32 Å². The molecule has 1 aliphatic rings. The molecular weight excluding hydrogens is 260 g/mol. The van der Waals surface area contributed by atoms with Gasteiger partial charge >= 0.3 is 0 Å². The number of amides is 2. The molecule has 20 heavy (non-hydrogen) atoms. The van der Waals surface area contributed by atoms with E-state index in [-0.39, 0.29) is 37.9 Å². The number of carbonyl (C=O) groups is 2. The van der Waals surface area contributed by atoms with Crippen molar-refractivity contribution in [1.29, 1.82) is 0 Å². The van der Waals surface area contributed by atoms with Crippen molar-refractivity contribution in [1.82, 2.24) is 10.2 Å². The van der Waals surface area contributed by atoms with Crippen LogP contribution >= 0.6 is 0 Å². The lowest BCUT2D eigenvalue weighted by Crippen LogP contribution is -2.33. The van der Waals surface area contributed by atoms with E-state index in [1.807, 2.05) is 6.07 Å². The predicted molar refractivity (Wildman–Crippen MR) is 72.0 cm³/mol. The van der Waals surface area contributed by atoms with Crippen molar-refractivity contribution < 1.29 is 19.8 Å². The molecule has 2 rings (SSSR count). The molecule has 0 saturated carbocycles. The number of hydrogen-bond donors (Lipinski definition) is 3. The molecule has 1 fully saturated rings. The first-order valence-corrected chi connectivity index (χ1v) is 6.55. The average Bonchev–Trinajstić information content (AvgIpc) is 2.79. The molecule has 0 bridgehead atoms. The number of β-amino-alcohol motifs (C(OH)–C–C–N with tert-alkyl or cyclic N) is 2. The molecule has 6 heteroatoms. The summed E-state index contributed by atoms with van der Waals surface area (Å²) in [5.41, 5.74) is 0.548. The minimum Gasteiger partial charge on any atom is -0.388 e. The zero-order chi connectivity index (χ0) is 14.5. The molecule has 6 nitrogen and oxygen atoms in total. The Labute approximate surface area is 117 Å². The first-order chi connectivity index (χ1) is 9.58. The van der Waals surface area contributed by atoms with Gasteiger partial charge < -0.3 is 20.4 Å². The van der Waals surface area contributed by atoms with Gasteiger partial charge in [-0.1, -0.05) is 18.2 Å². The van der Waals surface area contributed by atoms with Crippen LogP contribution in [0.1, 0.15) is 16.8 Å². The molecule has 0 radical (unpaired) electrons. The molecule has 1 aliphatic heterocycles. The number of rotatable bonds is 4. The average molecular weight is 278 g/mol. The summed E-state index contributed by atoms with van der Waals surface area (Å²) in [5, 5.41) is 21.4. The van der Waals surface area contributed by atoms with E-state index in [9.17, 15) is 19.8 Å². The van der Waals surface area contributed by atoms with E-state index >= 15 is 0 Å². The predicted octanol–water partition coefficient (Wildman–Crippen LogP) is -0.629. The monoisotopic (exact) mass is 278 g/mol. The largest absolute Gasteiger partial charge is 0.388 e. The summed E-state index contributed by atoms with van der Waals surface area (Å²) in [5.74, 6) is -0.408. The summed E-state index contributed by atoms with van der Waals surface area (Å²) in [6, 6.07) is 8.76. The lowest BCUT2D eigenvalue weighted by Gasteiger charge is -2.15. The quantitative estimate of drug-likeness (QED) is 0.684. The highest BCUT2D eigenvalue weighted by Gasteiger charge is 2.32. The third kappa shape index (κ3) is 3.55. The maximum absolute atomic E-state index is 11.8. The first-order valence-electron chi connectivity index (χ1n) is 6.55. The van der Waals surface area contributed by atoms with Crippen LogP contribution in [0.4, 0.5) is 0 Å². The molecule has 1 aromatic carbocycles. The van der Waals surface area contributed by atoms with Crippen LogP contribution in [0.15, 0.2) is 30.3 Å². The van der Waals surface area contributed by atoms with Crippen LogP contribution in [0.25, 0.3) is 0 Å². The van der Waals surface area contributed by atoms with Crippen molar-refractivity contribution in [3.8, 4) is 0 Å². The lowest BCUT2D eigenvalue weighted by molar-refractivity contribution is -0.130. The van der Waals surface area contributed by atoms with Crippen LogP contribution in [0.5, 0.6) is 0 Å². The van der Waals surface area contributed by atoms with Gasteiger partial charge in [0.1, 0.15) is 0 Å². The number of nitrogens with zero attached hydrogens (tertiary/aromatic N) is 1. The SMILES string of the molecule is O=C(NCCC(=O)N1CC(O)C(O)C1)c1ccccc1. The minimum absolute atomic E-state index is 0.145. The summed E-state index contributed by atoms with van der Waals surface area (Å²) >= 11 is 0. The second-order valence-electron chi connectivity index (χ2n) is 4.81. The summed E-state index contributed by atoms with van der Waals surface area (Å²) in [6.45, 7) is 0.522. The first kappa shape index (κ1) is 14.5. The van der Waals surface area contributed by atoms with Crippen LogP contribution in [0.3, 0.4) is 0 Å². The van der Waals surface area contributed by atoms with Crippen molar-refractivity contribution >= 4 is 11.8 Å². The van der Waals surface area contributed by atoms with Crippen molar-refractivity contribution in [3.05, 3.63) is 35.9 Å². The number of carbonyl (C=O) groups excluding carboxylic acids is 2. The molecule has 0 spiro atoms. The van der Waals surface area contributed by atoms with Gasteiger partial charge in [0, 0.05) is 31.6 Å². The highest BCUT2D eigenvalue weighted by Crippen LogP contribution is 2.10. The van der Waals surface area contributed by atoms with Crippen molar-refractivity contribution in [2.45, 2.75) is 18.6 Å². The molecule has 108 valence electrons. The Bertz CT molecular complexity index is 467. The van der Waals surface area contributed by atoms with Gasteiger partial charge in [-0.2, -0.15) is 0 Å². The summed E-state index contributed by atoms with van der Waals surface area (Å²) < 4.78 is 0. The van der Waals surface area contributed by atoms with E-state index in [2.05, 4.69) is 5.32 Å². The fraction of sp³-hybridized carbons (Fsp3) is 0.429. The van der Waals surface area contributed by atoms with E-state index in [0.717, 1.165) is 0 Å². The molecule has 0 aliphatic carbocycles. The topological polar surface area (TPSA) is 89.9 Å². The maximum Gasteiger partial charge on any atom is 0.251 e. The van der Waals surface area contributed by atoms with Crippen molar-refractivity contribution in [2.75, 3.05) is 19.6 Å². The van der Waals surface area contributed by atoms with Gasteiger partial charge in [-0.3, -0.25) is 9.59 Å². The van der Waals surface area contributed by atoms with Gasteiger partial charge in [0.2, 0.25) is 5.91 Å². The Hall–Kier alpha value is -1.92. The van der Waals surface area contributed by atoms with Crippen molar-refractivity contribution in [2.24, 2.45) is 0 Å². The van der Waals surface area contributed by atoms with E-state index in [0.29, 0.717) is 5.56 Å². The Morgan fingerprint density at radius 1 is 1.15 bits per heavy atom. The summed E-state index contributed by atoms with van der Waals surface area (Å²) in [7, 11) is 0. The molecule has 1 heterocycles. The van der Waals surface area contributed by atoms with Gasteiger partial charge in [0.05, 0.1) is 12.2 Å². The fourth-order valence-corrected chi connectivity index (χ4v) is 2.11. The van der Waals surface area contributed by atoms with Crippen LogP contribution in [0, 0.1) is 0 Å². The van der Waals surface area contributed by atoms with Crippen LogP contribution in [0.2, 0.25) is 0 Å². The molecule has 1 saturated heterocycles. The Balaban J connectivity index is 1.74. The normalized spacial score (nSPS) is 21.8. The van der Waals surface area contributed by atoms with Gasteiger partial charge in [0.15, 0.2) is 0 Å². The molecular formula is C14H18N2O4. The molecule has 2 amide bonds. The Morgan fingerprint density at radius 3 is 2.35 bits per heavy atom. The number of likely N-dealkylation sites (tertiary alicyclic amines) is 1. The second-order valence-corrected chi connectivity index (χ2v) is 4.81. The van der Waals surface area contributed by atoms with Gasteiger partial charge in [0.25, 0.3) is 5.91 Å². The molecule has 3 N–H and O–H groups in total. The lowest BCUT2D eigenvalue weighted by atomic mass is 10.2. The second kappa shape index (κ2) is 6.49. The number of hydrogen-bond acceptors (Lipinski definition) is 4. The van der Waals surface area contributed by atoms with E-state index in [1.54, 1.807) is 24.3 Å². The third-order valence-corrected chi connectivity index (χ3v) is 3.27. The standard InChI is InChI=1S/C14H18N2O4/c17-11-8-16(9-12(11)18)13(19)6-7-15-14(20)10-4-2-1-3-5-10/h1-5,11-12,17-18H,6-9H2,(H,15,20). The van der Waals surface area contributed by atoms with Gasteiger partial charge in [-0.25, -0.2) is 0 Å². The van der Waals surface area contributed by atoms with Gasteiger partial charge in [-0.15, -0.1) is 0 Å². The number of aliphatic hydroxyl groups is 2. The highest BCUT2D eigenvalue weighted by atomic mass is 16.3. The fourth-order valence-electron chi connectivity index (χ4n) is 2.11.